The first-order valence-electron chi connectivity index (χ1n) is 7.46. The van der Waals surface area contributed by atoms with E-state index < -0.39 is 0 Å². The number of nitrogens with zero attached hydrogens (tertiary/aromatic N) is 2. The first kappa shape index (κ1) is 16.5. The average Bonchev–Trinajstić information content (AvgIpc) is 2.52. The molecule has 3 rings (SSSR count). The van der Waals surface area contributed by atoms with E-state index in [1.807, 2.05) is 0 Å². The summed E-state index contributed by atoms with van der Waals surface area (Å²) in [6, 6.07) is 11.1. The van der Waals surface area contributed by atoms with Crippen LogP contribution in [0.2, 0.25) is 0 Å². The third-order valence-electron chi connectivity index (χ3n) is 4.60. The van der Waals surface area contributed by atoms with Gasteiger partial charge in [0.15, 0.2) is 5.96 Å². The highest BCUT2D eigenvalue weighted by molar-refractivity contribution is 14.0. The third-order valence-corrected chi connectivity index (χ3v) is 4.60. The Morgan fingerprint density at radius 2 is 1.90 bits per heavy atom. The van der Waals surface area contributed by atoms with Gasteiger partial charge < -0.3 is 15.4 Å². The fraction of sp³-hybridized carbons (Fsp3) is 0.562. The van der Waals surface area contributed by atoms with Gasteiger partial charge in [0.25, 0.3) is 0 Å². The SMILES string of the molecule is CC1C(N=C(N)N2CCOCC2)CC1c1ccccc1.I. The molecular weight excluding hydrogens is 377 g/mol. The molecule has 1 aromatic rings. The molecule has 0 aromatic heterocycles. The van der Waals surface area contributed by atoms with E-state index in [9.17, 15) is 0 Å². The van der Waals surface area contributed by atoms with Crippen LogP contribution in [0.4, 0.5) is 0 Å². The molecule has 0 bridgehead atoms. The molecule has 0 spiro atoms. The van der Waals surface area contributed by atoms with Crippen molar-refractivity contribution in [2.24, 2.45) is 16.6 Å². The van der Waals surface area contributed by atoms with Crippen molar-refractivity contribution in [1.29, 1.82) is 0 Å². The van der Waals surface area contributed by atoms with Crippen LogP contribution in [0.15, 0.2) is 35.3 Å². The maximum atomic E-state index is 6.13. The lowest BCUT2D eigenvalue weighted by Gasteiger charge is -2.41. The van der Waals surface area contributed by atoms with Crippen molar-refractivity contribution >= 4 is 29.9 Å². The van der Waals surface area contributed by atoms with Gasteiger partial charge in [-0.2, -0.15) is 0 Å². The van der Waals surface area contributed by atoms with Crippen molar-refractivity contribution in [3.63, 3.8) is 0 Å². The Labute approximate surface area is 143 Å². The lowest BCUT2D eigenvalue weighted by atomic mass is 9.67. The van der Waals surface area contributed by atoms with Gasteiger partial charge in [-0.05, 0) is 23.8 Å². The molecule has 2 fully saturated rings. The van der Waals surface area contributed by atoms with E-state index in [0.717, 1.165) is 32.7 Å². The van der Waals surface area contributed by atoms with Crippen molar-refractivity contribution in [1.82, 2.24) is 4.90 Å². The molecule has 0 radical (unpaired) electrons. The van der Waals surface area contributed by atoms with Crippen molar-refractivity contribution in [2.45, 2.75) is 25.3 Å². The van der Waals surface area contributed by atoms with Crippen LogP contribution >= 0.6 is 24.0 Å². The first-order valence-corrected chi connectivity index (χ1v) is 7.46. The summed E-state index contributed by atoms with van der Waals surface area (Å²) in [5.41, 5.74) is 7.55. The van der Waals surface area contributed by atoms with E-state index >= 15 is 0 Å². The number of halogens is 1. The number of aliphatic imine (C=N–C) groups is 1. The zero-order valence-electron chi connectivity index (χ0n) is 12.4. The molecule has 1 saturated carbocycles. The highest BCUT2D eigenvalue weighted by Gasteiger charge is 2.38. The molecule has 1 saturated heterocycles. The number of guanidine groups is 1. The molecule has 1 aliphatic heterocycles. The second kappa shape index (κ2) is 7.45. The number of nitrogens with two attached hydrogens (primary N) is 1. The Kier molecular flexibility index (Phi) is 5.87. The summed E-state index contributed by atoms with van der Waals surface area (Å²) in [6.45, 7) is 5.51. The second-order valence-corrected chi connectivity index (χ2v) is 5.77. The largest absolute Gasteiger partial charge is 0.378 e. The Hall–Kier alpha value is -0.820. The molecule has 1 aromatic carbocycles. The number of hydrogen-bond donors (Lipinski definition) is 1. The molecule has 1 aliphatic carbocycles. The summed E-state index contributed by atoms with van der Waals surface area (Å²) in [5.74, 6) is 1.89. The summed E-state index contributed by atoms with van der Waals surface area (Å²) in [4.78, 5) is 6.86. The molecule has 21 heavy (non-hydrogen) atoms. The summed E-state index contributed by atoms with van der Waals surface area (Å²) in [7, 11) is 0. The monoisotopic (exact) mass is 401 g/mol. The van der Waals surface area contributed by atoms with Crippen molar-refractivity contribution in [3.05, 3.63) is 35.9 Å². The Morgan fingerprint density at radius 3 is 2.52 bits per heavy atom. The number of rotatable bonds is 2. The van der Waals surface area contributed by atoms with Crippen LogP contribution < -0.4 is 5.73 Å². The highest BCUT2D eigenvalue weighted by Crippen LogP contribution is 2.44. The fourth-order valence-electron chi connectivity index (χ4n) is 3.12. The standard InChI is InChI=1S/C16H23N3O.HI/c1-12-14(13-5-3-2-4-6-13)11-15(12)18-16(17)19-7-9-20-10-8-19;/h2-6,12,14-15H,7-11H2,1H3,(H2,17,18);1H. The van der Waals surface area contributed by atoms with Crippen molar-refractivity contribution < 1.29 is 4.74 Å². The molecule has 3 unspecified atom stereocenters. The summed E-state index contributed by atoms with van der Waals surface area (Å²) >= 11 is 0. The number of morpholine rings is 1. The molecule has 0 amide bonds. The van der Waals surface area contributed by atoms with Crippen molar-refractivity contribution in [3.8, 4) is 0 Å². The first-order chi connectivity index (χ1) is 9.75. The van der Waals surface area contributed by atoms with Gasteiger partial charge in [0.2, 0.25) is 0 Å². The van der Waals surface area contributed by atoms with Gasteiger partial charge in [0, 0.05) is 13.1 Å². The van der Waals surface area contributed by atoms with E-state index in [1.165, 1.54) is 5.56 Å². The molecule has 1 heterocycles. The van der Waals surface area contributed by atoms with E-state index in [1.54, 1.807) is 0 Å². The Balaban J connectivity index is 0.00000161. The number of hydrogen-bond acceptors (Lipinski definition) is 2. The molecule has 5 heteroatoms. The minimum atomic E-state index is 0. The average molecular weight is 401 g/mol. The molecule has 2 N–H and O–H groups in total. The Morgan fingerprint density at radius 1 is 1.24 bits per heavy atom. The summed E-state index contributed by atoms with van der Waals surface area (Å²) in [5, 5.41) is 0. The van der Waals surface area contributed by atoms with Crippen LogP contribution in [0.3, 0.4) is 0 Å². The van der Waals surface area contributed by atoms with Gasteiger partial charge in [-0.25, -0.2) is 4.99 Å². The number of benzene rings is 1. The van der Waals surface area contributed by atoms with Gasteiger partial charge >= 0.3 is 0 Å². The van der Waals surface area contributed by atoms with Crippen molar-refractivity contribution in [2.75, 3.05) is 26.3 Å². The van der Waals surface area contributed by atoms with E-state index in [-0.39, 0.29) is 24.0 Å². The maximum absolute atomic E-state index is 6.13. The van der Waals surface area contributed by atoms with Crippen LogP contribution in [-0.2, 0) is 4.74 Å². The van der Waals surface area contributed by atoms with Crippen LogP contribution in [0, 0.1) is 5.92 Å². The predicted molar refractivity (Wildman–Crippen MR) is 96.2 cm³/mol. The van der Waals surface area contributed by atoms with E-state index in [2.05, 4.69) is 42.2 Å². The second-order valence-electron chi connectivity index (χ2n) is 5.77. The zero-order valence-corrected chi connectivity index (χ0v) is 14.8. The minimum Gasteiger partial charge on any atom is -0.378 e. The van der Waals surface area contributed by atoms with Crippen LogP contribution in [-0.4, -0.2) is 43.2 Å². The van der Waals surface area contributed by atoms with E-state index in [4.69, 9.17) is 15.5 Å². The highest BCUT2D eigenvalue weighted by atomic mass is 127. The molecule has 4 nitrogen and oxygen atoms in total. The summed E-state index contributed by atoms with van der Waals surface area (Å²) in [6.07, 6.45) is 1.11. The number of ether oxygens (including phenoxy) is 1. The van der Waals surface area contributed by atoms with Gasteiger partial charge in [0.05, 0.1) is 19.3 Å². The summed E-state index contributed by atoms with van der Waals surface area (Å²) < 4.78 is 5.34. The predicted octanol–water partition coefficient (Wildman–Crippen LogP) is 2.44. The lowest BCUT2D eigenvalue weighted by molar-refractivity contribution is 0.0668. The smallest absolute Gasteiger partial charge is 0.191 e. The topological polar surface area (TPSA) is 50.8 Å². The quantitative estimate of drug-likeness (QED) is 0.471. The van der Waals surface area contributed by atoms with Gasteiger partial charge in [0.1, 0.15) is 0 Å². The fourth-order valence-corrected chi connectivity index (χ4v) is 3.12. The van der Waals surface area contributed by atoms with Crippen LogP contribution in [0.5, 0.6) is 0 Å². The third kappa shape index (κ3) is 3.69. The van der Waals surface area contributed by atoms with Gasteiger partial charge in [-0.3, -0.25) is 0 Å². The van der Waals surface area contributed by atoms with E-state index in [0.29, 0.717) is 23.8 Å². The Bertz CT molecular complexity index is 474. The molecule has 116 valence electrons. The van der Waals surface area contributed by atoms with Crippen LogP contribution in [0.1, 0.15) is 24.8 Å². The lowest BCUT2D eigenvalue weighted by Crippen LogP contribution is -2.47. The van der Waals surface area contributed by atoms with Gasteiger partial charge in [-0.1, -0.05) is 37.3 Å². The van der Waals surface area contributed by atoms with Gasteiger partial charge in [-0.15, -0.1) is 24.0 Å². The normalized spacial score (nSPS) is 29.5. The minimum absolute atomic E-state index is 0. The van der Waals surface area contributed by atoms with Crippen LogP contribution in [0.25, 0.3) is 0 Å². The maximum Gasteiger partial charge on any atom is 0.191 e. The molecule has 3 atom stereocenters. The molecular formula is C16H24IN3O. The molecule has 2 aliphatic rings. The zero-order chi connectivity index (χ0) is 13.9.